The summed E-state index contributed by atoms with van der Waals surface area (Å²) in [5.74, 6) is -0.450. The Hall–Kier alpha value is -3.90. The van der Waals surface area contributed by atoms with E-state index in [1.54, 1.807) is 0 Å². The molecule has 35 heavy (non-hydrogen) atoms. The van der Waals surface area contributed by atoms with Crippen molar-refractivity contribution >= 4 is 34.7 Å². The van der Waals surface area contributed by atoms with Gasteiger partial charge in [0.05, 0.1) is 11.2 Å². The average molecular weight is 489 g/mol. The highest BCUT2D eigenvalue weighted by molar-refractivity contribution is 6.30. The minimum absolute atomic E-state index is 0.355. The van der Waals surface area contributed by atoms with E-state index in [1.165, 1.54) is 5.56 Å². The molecule has 0 spiro atoms. The number of benzene rings is 3. The lowest BCUT2D eigenvalue weighted by Gasteiger charge is -2.16. The number of hydrogen-bond acceptors (Lipinski definition) is 5. The highest BCUT2D eigenvalue weighted by Crippen LogP contribution is 2.27. The molecule has 1 atom stereocenters. The largest absolute Gasteiger partial charge is 0.487 e. The molecule has 7 heteroatoms. The zero-order valence-corrected chi connectivity index (χ0v) is 19.8. The molecule has 0 radical (unpaired) electrons. The van der Waals surface area contributed by atoms with E-state index in [1.807, 2.05) is 84.9 Å². The number of para-hydroxylation sites is 1. The number of aryl methyl sites for hydroxylation is 1. The van der Waals surface area contributed by atoms with Crippen molar-refractivity contribution in [2.45, 2.75) is 32.0 Å². The van der Waals surface area contributed by atoms with Gasteiger partial charge in [0.2, 0.25) is 0 Å². The van der Waals surface area contributed by atoms with Crippen molar-refractivity contribution in [2.75, 3.05) is 0 Å². The molecule has 4 rings (SSSR count). The Morgan fingerprint density at radius 1 is 1.00 bits per heavy atom. The van der Waals surface area contributed by atoms with Crippen molar-refractivity contribution < 1.29 is 19.5 Å². The fraction of sp³-hybridized carbons (Fsp3) is 0.179. The van der Waals surface area contributed by atoms with E-state index in [0.29, 0.717) is 23.8 Å². The van der Waals surface area contributed by atoms with Gasteiger partial charge in [-0.2, -0.15) is 0 Å². The van der Waals surface area contributed by atoms with Crippen LogP contribution in [-0.4, -0.2) is 22.3 Å². The molecular formula is C28H25ClN2O4. The minimum Gasteiger partial charge on any atom is -0.487 e. The third-order valence-corrected chi connectivity index (χ3v) is 5.74. The van der Waals surface area contributed by atoms with Crippen LogP contribution in [0.25, 0.3) is 10.9 Å². The molecule has 0 saturated heterocycles. The highest BCUT2D eigenvalue weighted by atomic mass is 35.5. The van der Waals surface area contributed by atoms with Crippen LogP contribution in [0.5, 0.6) is 5.75 Å². The van der Waals surface area contributed by atoms with Crippen LogP contribution in [0.2, 0.25) is 5.02 Å². The molecule has 0 aliphatic heterocycles. The summed E-state index contributed by atoms with van der Waals surface area (Å²) in [6.45, 7) is 0.355. The lowest BCUT2D eigenvalue weighted by Crippen LogP contribution is -2.04. The maximum atomic E-state index is 10.8. The van der Waals surface area contributed by atoms with Gasteiger partial charge in [-0.15, -0.1) is 0 Å². The summed E-state index contributed by atoms with van der Waals surface area (Å²) < 4.78 is 5.92. The summed E-state index contributed by atoms with van der Waals surface area (Å²) >= 11 is 5.95. The van der Waals surface area contributed by atoms with Gasteiger partial charge in [-0.25, -0.2) is 9.78 Å². The van der Waals surface area contributed by atoms with Crippen molar-refractivity contribution in [3.63, 3.8) is 0 Å². The van der Waals surface area contributed by atoms with Crippen LogP contribution >= 0.6 is 11.6 Å². The first-order chi connectivity index (χ1) is 17.1. The first kappa shape index (κ1) is 24.2. The smallest absolute Gasteiger partial charge is 0.350 e. The van der Waals surface area contributed by atoms with E-state index in [9.17, 15) is 4.79 Å². The number of carboxylic acid groups (broad SMARTS) is 1. The van der Waals surface area contributed by atoms with Crippen LogP contribution in [0.3, 0.4) is 0 Å². The minimum atomic E-state index is -1.16. The Bertz CT molecular complexity index is 1290. The van der Waals surface area contributed by atoms with Gasteiger partial charge in [-0.05, 0) is 66.8 Å². The number of oxime groups is 1. The molecule has 1 unspecified atom stereocenters. The van der Waals surface area contributed by atoms with E-state index in [0.717, 1.165) is 41.2 Å². The number of nitrogens with zero attached hydrogens (tertiary/aromatic N) is 2. The number of carbonyl (C=O) groups is 1. The number of halogens is 1. The summed E-state index contributed by atoms with van der Waals surface area (Å²) in [6, 6.07) is 27.2. The zero-order valence-electron chi connectivity index (χ0n) is 19.0. The van der Waals surface area contributed by atoms with Crippen LogP contribution in [-0.2, 0) is 22.7 Å². The maximum Gasteiger partial charge on any atom is 0.350 e. The zero-order chi connectivity index (χ0) is 24.5. The Labute approximate surface area is 208 Å². The van der Waals surface area contributed by atoms with Crippen molar-refractivity contribution in [2.24, 2.45) is 5.16 Å². The van der Waals surface area contributed by atoms with Gasteiger partial charge in [0.15, 0.2) is 12.3 Å². The number of rotatable bonds is 11. The summed E-state index contributed by atoms with van der Waals surface area (Å²) in [4.78, 5) is 20.9. The Balaban J connectivity index is 1.37. The molecule has 3 aromatic carbocycles. The molecule has 4 aromatic rings. The van der Waals surface area contributed by atoms with Crippen LogP contribution in [0, 0.1) is 0 Å². The fourth-order valence-electron chi connectivity index (χ4n) is 3.70. The molecule has 1 N–H and O–H groups in total. The number of carboxylic acids is 1. The van der Waals surface area contributed by atoms with Gasteiger partial charge >= 0.3 is 5.97 Å². The molecule has 1 heterocycles. The second-order valence-corrected chi connectivity index (χ2v) is 8.47. The topological polar surface area (TPSA) is 81.0 Å². The van der Waals surface area contributed by atoms with Crippen LogP contribution < -0.4 is 4.74 Å². The van der Waals surface area contributed by atoms with Gasteiger partial charge in [-0.3, -0.25) is 0 Å². The third-order valence-electron chi connectivity index (χ3n) is 5.49. The van der Waals surface area contributed by atoms with Crippen molar-refractivity contribution in [1.82, 2.24) is 4.98 Å². The lowest BCUT2D eigenvalue weighted by atomic mass is 10.0. The van der Waals surface area contributed by atoms with Gasteiger partial charge in [0.1, 0.15) is 12.4 Å². The van der Waals surface area contributed by atoms with Crippen molar-refractivity contribution in [3.05, 3.63) is 107 Å². The highest BCUT2D eigenvalue weighted by Gasteiger charge is 2.14. The van der Waals surface area contributed by atoms with E-state index < -0.39 is 5.97 Å². The number of aromatic nitrogens is 1. The molecule has 0 aliphatic rings. The maximum absolute atomic E-state index is 10.8. The monoisotopic (exact) mass is 488 g/mol. The average Bonchev–Trinajstić information content (AvgIpc) is 2.88. The van der Waals surface area contributed by atoms with Gasteiger partial charge in [0, 0.05) is 10.4 Å². The molecule has 1 aromatic heterocycles. The van der Waals surface area contributed by atoms with Gasteiger partial charge in [0.25, 0.3) is 0 Å². The molecule has 0 aliphatic carbocycles. The Morgan fingerprint density at radius 3 is 2.54 bits per heavy atom. The summed E-state index contributed by atoms with van der Waals surface area (Å²) in [5, 5.41) is 14.3. The first-order valence-electron chi connectivity index (χ1n) is 11.3. The number of ether oxygens (including phenoxy) is 1. The normalized spacial score (nSPS) is 12.0. The quantitative estimate of drug-likeness (QED) is 0.189. The number of aliphatic carboxylic acids is 1. The van der Waals surface area contributed by atoms with Gasteiger partial charge in [-0.1, -0.05) is 65.3 Å². The second kappa shape index (κ2) is 12.0. The SMILES string of the molecule is O=C(O)C=NOC(CCCc1ccc(Cl)cc1)c1ccc(OCc2ccc3ccccc3n2)cc1. The third kappa shape index (κ3) is 7.29. The predicted molar refractivity (Wildman–Crippen MR) is 137 cm³/mol. The summed E-state index contributed by atoms with van der Waals surface area (Å²) in [5.41, 5.74) is 3.84. The van der Waals surface area contributed by atoms with Crippen molar-refractivity contribution in [1.29, 1.82) is 0 Å². The Morgan fingerprint density at radius 2 is 1.77 bits per heavy atom. The van der Waals surface area contributed by atoms with Crippen LogP contribution in [0.15, 0.2) is 90.1 Å². The van der Waals surface area contributed by atoms with Gasteiger partial charge < -0.3 is 14.7 Å². The number of fused-ring (bicyclic) bond motifs is 1. The molecule has 0 fully saturated rings. The van der Waals surface area contributed by atoms with E-state index in [4.69, 9.17) is 26.3 Å². The summed E-state index contributed by atoms with van der Waals surface area (Å²) in [7, 11) is 0. The number of pyridine rings is 1. The van der Waals surface area contributed by atoms with E-state index >= 15 is 0 Å². The summed E-state index contributed by atoms with van der Waals surface area (Å²) in [6.07, 6.45) is 2.72. The fourth-order valence-corrected chi connectivity index (χ4v) is 3.82. The molecule has 0 bridgehead atoms. The predicted octanol–water partition coefficient (Wildman–Crippen LogP) is 6.62. The lowest BCUT2D eigenvalue weighted by molar-refractivity contribution is -0.129. The van der Waals surface area contributed by atoms with Crippen LogP contribution in [0.1, 0.15) is 35.8 Å². The Kier molecular flexibility index (Phi) is 8.30. The van der Waals surface area contributed by atoms with Crippen molar-refractivity contribution in [3.8, 4) is 5.75 Å². The molecule has 0 amide bonds. The molecule has 0 saturated carbocycles. The van der Waals surface area contributed by atoms with Crippen LogP contribution in [0.4, 0.5) is 0 Å². The van der Waals surface area contributed by atoms with E-state index in [-0.39, 0.29) is 6.10 Å². The first-order valence-corrected chi connectivity index (χ1v) is 11.7. The standard InChI is InChI=1S/C28H25ClN2O4/c29-23-13-8-20(9-14-23)4-3-7-27(35-30-18-28(32)33)22-11-16-25(17-12-22)34-19-24-15-10-21-5-1-2-6-26(21)31-24/h1-2,5-6,8-18,27H,3-4,7,19H2,(H,32,33). The number of hydrogen-bond donors (Lipinski definition) is 1. The molecule has 178 valence electrons. The second-order valence-electron chi connectivity index (χ2n) is 8.04. The molecule has 6 nitrogen and oxygen atoms in total. The van der Waals surface area contributed by atoms with E-state index in [2.05, 4.69) is 10.1 Å². The molecular weight excluding hydrogens is 464 g/mol.